The highest BCUT2D eigenvalue weighted by molar-refractivity contribution is 5.38. The number of nitrogens with one attached hydrogen (secondary N) is 2. The van der Waals surface area contributed by atoms with E-state index in [0.717, 1.165) is 31.7 Å². The standard InChI is InChI=1S/C9H13N3O2/c13-9-4-7(5-11-12-9)10-6-8-2-1-3-14-8/h4-5,8H,1-3,6H2,(H2,10,12,13). The van der Waals surface area contributed by atoms with Gasteiger partial charge in [-0.25, -0.2) is 5.10 Å². The summed E-state index contributed by atoms with van der Waals surface area (Å²) in [5.41, 5.74) is 0.548. The van der Waals surface area contributed by atoms with Gasteiger partial charge in [0.1, 0.15) is 0 Å². The maximum Gasteiger partial charge on any atom is 0.266 e. The number of rotatable bonds is 3. The predicted octanol–water partition coefficient (Wildman–Crippen LogP) is 0.361. The van der Waals surface area contributed by atoms with Crippen LogP contribution in [0.3, 0.4) is 0 Å². The van der Waals surface area contributed by atoms with Crippen LogP contribution in [-0.4, -0.2) is 29.5 Å². The van der Waals surface area contributed by atoms with Gasteiger partial charge in [-0.05, 0) is 12.8 Å². The molecule has 76 valence electrons. The molecule has 1 aliphatic rings. The van der Waals surface area contributed by atoms with Crippen LogP contribution in [0.5, 0.6) is 0 Å². The van der Waals surface area contributed by atoms with E-state index in [9.17, 15) is 4.79 Å². The van der Waals surface area contributed by atoms with Gasteiger partial charge in [-0.3, -0.25) is 4.79 Å². The molecule has 1 aromatic heterocycles. The van der Waals surface area contributed by atoms with Crippen molar-refractivity contribution in [2.75, 3.05) is 18.5 Å². The number of nitrogens with zero attached hydrogens (tertiary/aromatic N) is 1. The zero-order chi connectivity index (χ0) is 9.80. The van der Waals surface area contributed by atoms with Crippen molar-refractivity contribution in [2.24, 2.45) is 0 Å². The summed E-state index contributed by atoms with van der Waals surface area (Å²) in [4.78, 5) is 10.9. The van der Waals surface area contributed by atoms with Crippen LogP contribution >= 0.6 is 0 Å². The molecule has 0 aromatic carbocycles. The number of ether oxygens (including phenoxy) is 1. The molecule has 1 aromatic rings. The average Bonchev–Trinajstić information content (AvgIpc) is 2.67. The van der Waals surface area contributed by atoms with Crippen molar-refractivity contribution in [3.63, 3.8) is 0 Å². The van der Waals surface area contributed by atoms with Gasteiger partial charge < -0.3 is 10.1 Å². The number of aromatic amines is 1. The highest BCUT2D eigenvalue weighted by Gasteiger charge is 2.14. The normalized spacial score (nSPS) is 21.0. The largest absolute Gasteiger partial charge is 0.381 e. The summed E-state index contributed by atoms with van der Waals surface area (Å²) in [5.74, 6) is 0. The Labute approximate surface area is 81.5 Å². The van der Waals surface area contributed by atoms with Crippen LogP contribution in [0.4, 0.5) is 5.69 Å². The van der Waals surface area contributed by atoms with Gasteiger partial charge in [0, 0.05) is 19.2 Å². The van der Waals surface area contributed by atoms with E-state index in [4.69, 9.17) is 4.74 Å². The Balaban J connectivity index is 1.88. The van der Waals surface area contributed by atoms with E-state index < -0.39 is 0 Å². The van der Waals surface area contributed by atoms with E-state index in [2.05, 4.69) is 15.5 Å². The second kappa shape index (κ2) is 4.23. The summed E-state index contributed by atoms with van der Waals surface area (Å²) in [6.07, 6.45) is 4.08. The fourth-order valence-electron chi connectivity index (χ4n) is 1.51. The molecule has 1 saturated heterocycles. The third-order valence-electron chi connectivity index (χ3n) is 2.22. The van der Waals surface area contributed by atoms with E-state index >= 15 is 0 Å². The van der Waals surface area contributed by atoms with Gasteiger partial charge in [0.15, 0.2) is 0 Å². The predicted molar refractivity (Wildman–Crippen MR) is 52.3 cm³/mol. The monoisotopic (exact) mass is 195 g/mol. The first-order chi connectivity index (χ1) is 6.84. The summed E-state index contributed by atoms with van der Waals surface area (Å²) in [6.45, 7) is 1.59. The van der Waals surface area contributed by atoms with Gasteiger partial charge >= 0.3 is 0 Å². The van der Waals surface area contributed by atoms with Gasteiger partial charge in [0.2, 0.25) is 0 Å². The van der Waals surface area contributed by atoms with Crippen LogP contribution in [0.1, 0.15) is 12.8 Å². The molecular formula is C9H13N3O2. The maximum atomic E-state index is 10.9. The Kier molecular flexibility index (Phi) is 2.78. The van der Waals surface area contributed by atoms with Crippen LogP contribution in [0.15, 0.2) is 17.1 Å². The molecule has 0 radical (unpaired) electrons. The Hall–Kier alpha value is -1.36. The molecule has 14 heavy (non-hydrogen) atoms. The molecule has 1 atom stereocenters. The van der Waals surface area contributed by atoms with Crippen molar-refractivity contribution in [1.82, 2.24) is 10.2 Å². The zero-order valence-electron chi connectivity index (χ0n) is 7.82. The minimum Gasteiger partial charge on any atom is -0.381 e. The third-order valence-corrected chi connectivity index (χ3v) is 2.22. The van der Waals surface area contributed by atoms with E-state index in [1.165, 1.54) is 6.07 Å². The smallest absolute Gasteiger partial charge is 0.266 e. The average molecular weight is 195 g/mol. The minimum absolute atomic E-state index is 0.192. The van der Waals surface area contributed by atoms with Crippen molar-refractivity contribution in [3.05, 3.63) is 22.6 Å². The Morgan fingerprint density at radius 3 is 3.36 bits per heavy atom. The Morgan fingerprint density at radius 2 is 2.64 bits per heavy atom. The highest BCUT2D eigenvalue weighted by Crippen LogP contribution is 2.12. The summed E-state index contributed by atoms with van der Waals surface area (Å²) < 4.78 is 5.44. The number of hydrogen-bond acceptors (Lipinski definition) is 4. The summed E-state index contributed by atoms with van der Waals surface area (Å²) in [5, 5.41) is 9.13. The van der Waals surface area contributed by atoms with E-state index in [-0.39, 0.29) is 11.7 Å². The summed E-state index contributed by atoms with van der Waals surface area (Å²) in [7, 11) is 0. The van der Waals surface area contributed by atoms with Gasteiger partial charge in [0.05, 0.1) is 18.0 Å². The molecule has 1 aliphatic heterocycles. The molecule has 2 rings (SSSR count). The van der Waals surface area contributed by atoms with E-state index in [1.54, 1.807) is 6.20 Å². The minimum atomic E-state index is -0.192. The fraction of sp³-hybridized carbons (Fsp3) is 0.556. The quantitative estimate of drug-likeness (QED) is 0.730. The molecule has 0 amide bonds. The van der Waals surface area contributed by atoms with Gasteiger partial charge in [-0.1, -0.05) is 0 Å². The second-order valence-corrected chi connectivity index (χ2v) is 3.35. The van der Waals surface area contributed by atoms with E-state index in [0.29, 0.717) is 0 Å². The molecule has 1 fully saturated rings. The van der Waals surface area contributed by atoms with Crippen molar-refractivity contribution in [2.45, 2.75) is 18.9 Å². The lowest BCUT2D eigenvalue weighted by molar-refractivity contribution is 0.120. The second-order valence-electron chi connectivity index (χ2n) is 3.35. The summed E-state index contributed by atoms with van der Waals surface area (Å²) >= 11 is 0. The van der Waals surface area contributed by atoms with Crippen molar-refractivity contribution < 1.29 is 4.74 Å². The maximum absolute atomic E-state index is 10.9. The van der Waals surface area contributed by atoms with Gasteiger partial charge in [-0.15, -0.1) is 0 Å². The van der Waals surface area contributed by atoms with Gasteiger partial charge in [0.25, 0.3) is 5.56 Å². The molecule has 0 saturated carbocycles. The molecule has 0 bridgehead atoms. The lowest BCUT2D eigenvalue weighted by Crippen LogP contribution is -2.19. The molecule has 0 spiro atoms. The first-order valence-electron chi connectivity index (χ1n) is 4.75. The lowest BCUT2D eigenvalue weighted by atomic mass is 10.2. The third kappa shape index (κ3) is 2.32. The van der Waals surface area contributed by atoms with Crippen LogP contribution in [0, 0.1) is 0 Å². The molecule has 2 N–H and O–H groups in total. The first-order valence-corrected chi connectivity index (χ1v) is 4.75. The first kappa shape index (κ1) is 9.21. The zero-order valence-corrected chi connectivity index (χ0v) is 7.82. The molecule has 2 heterocycles. The SMILES string of the molecule is O=c1cc(NCC2CCCO2)cn[nH]1. The summed E-state index contributed by atoms with van der Waals surface area (Å²) in [6, 6.07) is 1.49. The van der Waals surface area contributed by atoms with Crippen LogP contribution in [0.2, 0.25) is 0 Å². The molecular weight excluding hydrogens is 182 g/mol. The van der Waals surface area contributed by atoms with Crippen LogP contribution < -0.4 is 10.9 Å². The van der Waals surface area contributed by atoms with Crippen molar-refractivity contribution in [3.8, 4) is 0 Å². The lowest BCUT2D eigenvalue weighted by Gasteiger charge is -2.10. The molecule has 5 heteroatoms. The van der Waals surface area contributed by atoms with E-state index in [1.807, 2.05) is 0 Å². The molecule has 0 aliphatic carbocycles. The van der Waals surface area contributed by atoms with Gasteiger partial charge in [-0.2, -0.15) is 5.10 Å². The molecule has 1 unspecified atom stereocenters. The number of H-pyrrole nitrogens is 1. The van der Waals surface area contributed by atoms with Crippen LogP contribution in [-0.2, 0) is 4.74 Å². The Bertz CT molecular complexity index is 344. The topological polar surface area (TPSA) is 67.0 Å². The number of hydrogen-bond donors (Lipinski definition) is 2. The van der Waals surface area contributed by atoms with Crippen molar-refractivity contribution in [1.29, 1.82) is 0 Å². The Morgan fingerprint density at radius 1 is 1.71 bits per heavy atom. The van der Waals surface area contributed by atoms with Crippen molar-refractivity contribution >= 4 is 5.69 Å². The highest BCUT2D eigenvalue weighted by atomic mass is 16.5. The van der Waals surface area contributed by atoms with Crippen LogP contribution in [0.25, 0.3) is 0 Å². The number of aromatic nitrogens is 2. The fourth-order valence-corrected chi connectivity index (χ4v) is 1.51. The number of anilines is 1. The molecule has 5 nitrogen and oxygen atoms in total.